The molecule has 0 aliphatic heterocycles. The highest BCUT2D eigenvalue weighted by Gasteiger charge is 2.12. The Morgan fingerprint density at radius 1 is 1.41 bits per heavy atom. The predicted octanol–water partition coefficient (Wildman–Crippen LogP) is 2.42. The Morgan fingerprint density at radius 3 is 2.59 bits per heavy atom. The Kier molecular flexibility index (Phi) is 4.96. The molecule has 0 saturated carbocycles. The number of nitrogens with one attached hydrogen (secondary N) is 2. The Hall–Kier alpha value is -1.07. The number of hydrogen-bond donors (Lipinski definition) is 2. The molecule has 0 aliphatic carbocycles. The molecule has 0 heterocycles. The van der Waals surface area contributed by atoms with Crippen molar-refractivity contribution in [1.82, 2.24) is 5.32 Å². The second-order valence-electron chi connectivity index (χ2n) is 3.38. The van der Waals surface area contributed by atoms with E-state index in [1.807, 2.05) is 0 Å². The molecule has 0 fully saturated rings. The van der Waals surface area contributed by atoms with Gasteiger partial charge < -0.3 is 10.6 Å². The Morgan fingerprint density at radius 2 is 2.06 bits per heavy atom. The minimum absolute atomic E-state index is 0.185. The van der Waals surface area contributed by atoms with E-state index < -0.39 is 0 Å². The molecule has 0 saturated heterocycles. The lowest BCUT2D eigenvalue weighted by molar-refractivity contribution is -0.115. The molecule has 0 radical (unpaired) electrons. The number of benzene rings is 1. The molecule has 1 atom stereocenters. The van der Waals surface area contributed by atoms with E-state index in [2.05, 4.69) is 26.6 Å². The van der Waals surface area contributed by atoms with Crippen LogP contribution < -0.4 is 10.6 Å². The fourth-order valence-electron chi connectivity index (χ4n) is 1.15. The van der Waals surface area contributed by atoms with Gasteiger partial charge in [0.2, 0.25) is 5.91 Å². The minimum atomic E-state index is -0.304. The summed E-state index contributed by atoms with van der Waals surface area (Å²) in [5.74, 6) is -0.479. The maximum atomic E-state index is 11.5. The zero-order valence-corrected chi connectivity index (χ0v) is 11.7. The maximum Gasteiger partial charge on any atom is 0.252 e. The lowest BCUT2D eigenvalue weighted by Gasteiger charge is -2.09. The molecule has 0 spiro atoms. The zero-order valence-electron chi connectivity index (χ0n) is 9.38. The van der Waals surface area contributed by atoms with Crippen molar-refractivity contribution in [2.45, 2.75) is 11.8 Å². The lowest BCUT2D eigenvalue weighted by atomic mass is 10.2. The van der Waals surface area contributed by atoms with Crippen molar-refractivity contribution in [3.63, 3.8) is 0 Å². The van der Waals surface area contributed by atoms with Crippen LogP contribution in [0, 0.1) is 0 Å². The average Bonchev–Trinajstić information content (AvgIpc) is 2.30. The van der Waals surface area contributed by atoms with Crippen LogP contribution in [0.1, 0.15) is 17.3 Å². The quantitative estimate of drug-likeness (QED) is 0.841. The minimum Gasteiger partial charge on any atom is -0.355 e. The molecule has 0 aromatic heterocycles. The van der Waals surface area contributed by atoms with Gasteiger partial charge in [0.25, 0.3) is 5.91 Å². The van der Waals surface area contributed by atoms with Gasteiger partial charge in [0.1, 0.15) is 0 Å². The first-order valence-corrected chi connectivity index (χ1v) is 6.21. The first-order chi connectivity index (χ1) is 7.95. The third kappa shape index (κ3) is 3.71. The van der Waals surface area contributed by atoms with Crippen molar-refractivity contribution in [3.8, 4) is 0 Å². The molecule has 1 aromatic carbocycles. The second-order valence-corrected chi connectivity index (χ2v) is 5.16. The molecule has 4 nitrogen and oxygen atoms in total. The Labute approximate surface area is 113 Å². The van der Waals surface area contributed by atoms with Gasteiger partial charge in [-0.05, 0) is 25.1 Å². The van der Waals surface area contributed by atoms with Gasteiger partial charge >= 0.3 is 0 Å². The van der Waals surface area contributed by atoms with Crippen molar-refractivity contribution in [1.29, 1.82) is 0 Å². The van der Waals surface area contributed by atoms with Gasteiger partial charge in [-0.1, -0.05) is 27.5 Å². The van der Waals surface area contributed by atoms with Crippen LogP contribution in [0.15, 0.2) is 18.2 Å². The third-order valence-electron chi connectivity index (χ3n) is 2.07. The molecule has 92 valence electrons. The van der Waals surface area contributed by atoms with Crippen LogP contribution in [-0.2, 0) is 4.79 Å². The number of anilines is 1. The van der Waals surface area contributed by atoms with Gasteiger partial charge in [-0.15, -0.1) is 0 Å². The van der Waals surface area contributed by atoms with E-state index in [9.17, 15) is 9.59 Å². The van der Waals surface area contributed by atoms with Crippen LogP contribution >= 0.6 is 27.5 Å². The normalized spacial score (nSPS) is 11.8. The van der Waals surface area contributed by atoms with Gasteiger partial charge in [-0.3, -0.25) is 9.59 Å². The van der Waals surface area contributed by atoms with E-state index in [1.165, 1.54) is 13.1 Å². The van der Waals surface area contributed by atoms with Crippen molar-refractivity contribution in [3.05, 3.63) is 28.8 Å². The van der Waals surface area contributed by atoms with Gasteiger partial charge in [0, 0.05) is 12.7 Å². The summed E-state index contributed by atoms with van der Waals surface area (Å²) in [5.41, 5.74) is 0.860. The SMILES string of the molecule is CNC(=O)c1cc(NC(=O)C(C)Br)ccc1Cl. The third-order valence-corrected chi connectivity index (χ3v) is 2.81. The van der Waals surface area contributed by atoms with Crippen LogP contribution in [0.2, 0.25) is 5.02 Å². The Bertz CT molecular complexity index is 449. The molecule has 1 unspecified atom stereocenters. The zero-order chi connectivity index (χ0) is 13.0. The summed E-state index contributed by atoms with van der Waals surface area (Å²) in [6, 6.07) is 4.75. The van der Waals surface area contributed by atoms with E-state index in [0.717, 1.165) is 0 Å². The maximum absolute atomic E-state index is 11.5. The number of rotatable bonds is 3. The lowest BCUT2D eigenvalue weighted by Crippen LogP contribution is -2.21. The number of hydrogen-bond acceptors (Lipinski definition) is 2. The van der Waals surface area contributed by atoms with E-state index in [4.69, 9.17) is 11.6 Å². The summed E-state index contributed by atoms with van der Waals surface area (Å²) in [4.78, 5) is 22.6. The van der Waals surface area contributed by atoms with E-state index in [0.29, 0.717) is 16.3 Å². The predicted molar refractivity (Wildman–Crippen MR) is 71.9 cm³/mol. The molecule has 1 rings (SSSR count). The highest BCUT2D eigenvalue weighted by molar-refractivity contribution is 9.10. The van der Waals surface area contributed by atoms with Crippen LogP contribution in [-0.4, -0.2) is 23.7 Å². The second kappa shape index (κ2) is 6.02. The van der Waals surface area contributed by atoms with Gasteiger partial charge in [-0.25, -0.2) is 0 Å². The number of amides is 2. The summed E-state index contributed by atoms with van der Waals surface area (Å²) in [7, 11) is 1.52. The molecule has 6 heteroatoms. The standard InChI is InChI=1S/C11H12BrClN2O2/c1-6(12)10(16)15-7-3-4-9(13)8(5-7)11(17)14-2/h3-6H,1-2H3,(H,14,17)(H,15,16). The first-order valence-electron chi connectivity index (χ1n) is 4.92. The summed E-state index contributed by atoms with van der Waals surface area (Å²) >= 11 is 9.04. The van der Waals surface area contributed by atoms with Crippen molar-refractivity contribution >= 4 is 45.0 Å². The number of alkyl halides is 1. The van der Waals surface area contributed by atoms with Crippen LogP contribution in [0.3, 0.4) is 0 Å². The number of halogens is 2. The molecule has 17 heavy (non-hydrogen) atoms. The fourth-order valence-corrected chi connectivity index (χ4v) is 1.47. The highest BCUT2D eigenvalue weighted by Crippen LogP contribution is 2.21. The molecule has 2 N–H and O–H groups in total. The number of carbonyl (C=O) groups is 2. The fraction of sp³-hybridized carbons (Fsp3) is 0.273. The molecule has 0 aliphatic rings. The van der Waals surface area contributed by atoms with Gasteiger partial charge in [-0.2, -0.15) is 0 Å². The topological polar surface area (TPSA) is 58.2 Å². The highest BCUT2D eigenvalue weighted by atomic mass is 79.9. The van der Waals surface area contributed by atoms with E-state index in [1.54, 1.807) is 19.1 Å². The molecule has 1 aromatic rings. The van der Waals surface area contributed by atoms with E-state index >= 15 is 0 Å². The average molecular weight is 320 g/mol. The molecular formula is C11H12BrClN2O2. The van der Waals surface area contributed by atoms with Crippen LogP contribution in [0.25, 0.3) is 0 Å². The Balaban J connectivity index is 2.97. The summed E-state index contributed by atoms with van der Waals surface area (Å²) in [6.07, 6.45) is 0. The molecule has 2 amide bonds. The van der Waals surface area contributed by atoms with Crippen LogP contribution in [0.5, 0.6) is 0 Å². The van der Waals surface area contributed by atoms with Gasteiger partial charge in [0.15, 0.2) is 0 Å². The van der Waals surface area contributed by atoms with Gasteiger partial charge in [0.05, 0.1) is 15.4 Å². The van der Waals surface area contributed by atoms with Crippen molar-refractivity contribution < 1.29 is 9.59 Å². The summed E-state index contributed by atoms with van der Waals surface area (Å²) < 4.78 is 0. The molecular weight excluding hydrogens is 307 g/mol. The largest absolute Gasteiger partial charge is 0.355 e. The van der Waals surface area contributed by atoms with Crippen molar-refractivity contribution in [2.75, 3.05) is 12.4 Å². The summed E-state index contributed by atoms with van der Waals surface area (Å²) in [6.45, 7) is 1.71. The van der Waals surface area contributed by atoms with E-state index in [-0.39, 0.29) is 16.6 Å². The van der Waals surface area contributed by atoms with Crippen LogP contribution in [0.4, 0.5) is 5.69 Å². The summed E-state index contributed by atoms with van der Waals surface area (Å²) in [5, 5.41) is 5.49. The molecule has 0 bridgehead atoms. The smallest absolute Gasteiger partial charge is 0.252 e. The van der Waals surface area contributed by atoms with Crippen molar-refractivity contribution in [2.24, 2.45) is 0 Å². The number of carbonyl (C=O) groups excluding carboxylic acids is 2. The first kappa shape index (κ1) is 14.0. The monoisotopic (exact) mass is 318 g/mol.